The number of rotatable bonds is 5. The van der Waals surface area contributed by atoms with Gasteiger partial charge in [0.1, 0.15) is 24.9 Å². The fourth-order valence-corrected chi connectivity index (χ4v) is 4.42. The van der Waals surface area contributed by atoms with E-state index in [1.807, 2.05) is 6.92 Å². The van der Waals surface area contributed by atoms with Crippen LogP contribution in [0.25, 0.3) is 0 Å². The summed E-state index contributed by atoms with van der Waals surface area (Å²) in [6.07, 6.45) is 0.754. The normalized spacial score (nSPS) is 32.0. The van der Waals surface area contributed by atoms with Crippen LogP contribution in [0.15, 0.2) is 21.9 Å². The van der Waals surface area contributed by atoms with E-state index in [1.165, 1.54) is 16.8 Å². The zero-order chi connectivity index (χ0) is 21.5. The second-order valence-electron chi connectivity index (χ2n) is 8.49. The molecule has 3 saturated heterocycles. The van der Waals surface area contributed by atoms with Crippen molar-refractivity contribution in [2.45, 2.75) is 70.4 Å². The van der Waals surface area contributed by atoms with Gasteiger partial charge in [0, 0.05) is 25.5 Å². The minimum atomic E-state index is -0.878. The maximum absolute atomic E-state index is 12.9. The predicted molar refractivity (Wildman–Crippen MR) is 103 cm³/mol. The Morgan fingerprint density at radius 3 is 2.60 bits per heavy atom. The van der Waals surface area contributed by atoms with Crippen molar-refractivity contribution in [3.8, 4) is 0 Å². The molecule has 3 aliphatic heterocycles. The fraction of sp³-hybridized carbons (Fsp3) is 0.750. The maximum atomic E-state index is 12.9. The number of aromatic nitrogens is 2. The number of nitrogens with one attached hydrogen (secondary N) is 1. The number of hydrogen-bond donors (Lipinski definition) is 1. The maximum Gasteiger partial charge on any atom is 0.330 e. The molecule has 1 aromatic heterocycles. The molecule has 0 saturated carbocycles. The molecule has 10 heteroatoms. The fourth-order valence-electron chi connectivity index (χ4n) is 4.42. The van der Waals surface area contributed by atoms with Crippen LogP contribution < -0.4 is 11.2 Å². The molecule has 0 aliphatic carbocycles. The van der Waals surface area contributed by atoms with E-state index >= 15 is 0 Å². The highest BCUT2D eigenvalue weighted by atomic mass is 16.8. The number of carbonyl (C=O) groups is 1. The van der Waals surface area contributed by atoms with Crippen LogP contribution in [0.5, 0.6) is 0 Å². The minimum Gasteiger partial charge on any atom is -0.462 e. The molecule has 1 aromatic rings. The molecular weight excluding hydrogens is 396 g/mol. The van der Waals surface area contributed by atoms with Gasteiger partial charge in [0.15, 0.2) is 12.0 Å². The molecule has 0 bridgehead atoms. The molecule has 4 atom stereocenters. The van der Waals surface area contributed by atoms with Gasteiger partial charge in [-0.1, -0.05) is 6.92 Å². The molecule has 0 spiro atoms. The quantitative estimate of drug-likeness (QED) is 0.687. The lowest BCUT2D eigenvalue weighted by molar-refractivity contribution is -0.205. The number of H-pyrrole nitrogens is 1. The number of carbonyl (C=O) groups excluding carboxylic acids is 1. The first kappa shape index (κ1) is 21.2. The van der Waals surface area contributed by atoms with Crippen LogP contribution in [-0.4, -0.2) is 59.4 Å². The summed E-state index contributed by atoms with van der Waals surface area (Å²) in [4.78, 5) is 38.8. The predicted octanol–water partition coefficient (Wildman–Crippen LogP) is 0.704. The molecule has 4 rings (SSSR count). The van der Waals surface area contributed by atoms with Crippen molar-refractivity contribution >= 4 is 5.97 Å². The Bertz CT molecular complexity index is 901. The van der Waals surface area contributed by atoms with Gasteiger partial charge >= 0.3 is 11.7 Å². The highest BCUT2D eigenvalue weighted by Gasteiger charge is 2.56. The molecule has 0 aromatic carbocycles. The molecule has 3 fully saturated rings. The summed E-state index contributed by atoms with van der Waals surface area (Å²) in [5.41, 5.74) is -1.65. The molecule has 0 amide bonds. The Morgan fingerprint density at radius 1 is 1.23 bits per heavy atom. The first-order valence-corrected chi connectivity index (χ1v) is 10.3. The summed E-state index contributed by atoms with van der Waals surface area (Å²) in [5, 5.41) is 0. The highest BCUT2D eigenvalue weighted by Crippen LogP contribution is 2.43. The zero-order valence-corrected chi connectivity index (χ0v) is 17.4. The van der Waals surface area contributed by atoms with Crippen LogP contribution in [0, 0.1) is 5.41 Å². The standard InChI is InChI=1S/C20H28N2O8/c1-4-20(6-9-26-10-7-20)17(24)27-11-12-14-15(30-19(2,3)29-14)16(28-12)22-8-5-13(23)21-18(22)25/h5,8,12,14-16H,4,6-7,9-11H2,1-3H3,(H,21,23,25)/t12-,14-,15-,16-/m1/s1. The van der Waals surface area contributed by atoms with Crippen LogP contribution in [-0.2, 0) is 28.5 Å². The average molecular weight is 424 g/mol. The number of ether oxygens (including phenoxy) is 5. The Kier molecular flexibility index (Phi) is 5.60. The van der Waals surface area contributed by atoms with E-state index in [0.29, 0.717) is 32.5 Å². The molecular formula is C20H28N2O8. The first-order valence-electron chi connectivity index (χ1n) is 10.3. The van der Waals surface area contributed by atoms with Crippen LogP contribution in [0.2, 0.25) is 0 Å². The Hall–Kier alpha value is -2.01. The Labute approximate surface area is 173 Å². The van der Waals surface area contributed by atoms with Gasteiger partial charge in [0.2, 0.25) is 0 Å². The van der Waals surface area contributed by atoms with E-state index in [1.54, 1.807) is 13.8 Å². The van der Waals surface area contributed by atoms with Crippen LogP contribution >= 0.6 is 0 Å². The molecule has 10 nitrogen and oxygen atoms in total. The number of nitrogens with zero attached hydrogens (tertiary/aromatic N) is 1. The van der Waals surface area contributed by atoms with Gasteiger partial charge < -0.3 is 23.7 Å². The van der Waals surface area contributed by atoms with Crippen LogP contribution in [0.1, 0.15) is 46.3 Å². The number of aromatic amines is 1. The van der Waals surface area contributed by atoms with E-state index < -0.39 is 47.0 Å². The van der Waals surface area contributed by atoms with Crippen molar-refractivity contribution < 1.29 is 28.5 Å². The van der Waals surface area contributed by atoms with Gasteiger partial charge in [-0.25, -0.2) is 4.79 Å². The molecule has 30 heavy (non-hydrogen) atoms. The molecule has 4 heterocycles. The smallest absolute Gasteiger partial charge is 0.330 e. The summed E-state index contributed by atoms with van der Waals surface area (Å²) in [5.74, 6) is -1.15. The average Bonchev–Trinajstić information content (AvgIpc) is 3.20. The molecule has 166 valence electrons. The van der Waals surface area contributed by atoms with Crippen molar-refractivity contribution in [2.24, 2.45) is 5.41 Å². The van der Waals surface area contributed by atoms with Gasteiger partial charge in [-0.15, -0.1) is 0 Å². The minimum absolute atomic E-state index is 0.0172. The monoisotopic (exact) mass is 424 g/mol. The van der Waals surface area contributed by atoms with Crippen LogP contribution in [0.4, 0.5) is 0 Å². The largest absolute Gasteiger partial charge is 0.462 e. The third kappa shape index (κ3) is 3.84. The first-order chi connectivity index (χ1) is 14.2. The van der Waals surface area contributed by atoms with Crippen molar-refractivity contribution in [2.75, 3.05) is 19.8 Å². The number of fused-ring (bicyclic) bond motifs is 1. The van der Waals surface area contributed by atoms with Crippen molar-refractivity contribution in [3.63, 3.8) is 0 Å². The third-order valence-corrected chi connectivity index (χ3v) is 6.19. The third-order valence-electron chi connectivity index (χ3n) is 6.19. The van der Waals surface area contributed by atoms with Crippen molar-refractivity contribution in [1.82, 2.24) is 9.55 Å². The molecule has 0 radical (unpaired) electrons. The van der Waals surface area contributed by atoms with E-state index in [9.17, 15) is 14.4 Å². The van der Waals surface area contributed by atoms with E-state index in [-0.39, 0.29) is 12.6 Å². The Balaban J connectivity index is 1.51. The number of hydrogen-bond acceptors (Lipinski definition) is 8. The lowest BCUT2D eigenvalue weighted by Crippen LogP contribution is -2.40. The van der Waals surface area contributed by atoms with Gasteiger partial charge in [-0.05, 0) is 33.1 Å². The molecule has 1 N–H and O–H groups in total. The second-order valence-corrected chi connectivity index (χ2v) is 8.49. The summed E-state index contributed by atoms with van der Waals surface area (Å²) < 4.78 is 30.3. The second kappa shape index (κ2) is 7.92. The summed E-state index contributed by atoms with van der Waals surface area (Å²) in [7, 11) is 0. The summed E-state index contributed by atoms with van der Waals surface area (Å²) in [6, 6.07) is 1.24. The van der Waals surface area contributed by atoms with E-state index in [0.717, 1.165) is 0 Å². The molecule has 3 aliphatic rings. The van der Waals surface area contributed by atoms with E-state index in [2.05, 4.69) is 4.98 Å². The zero-order valence-electron chi connectivity index (χ0n) is 17.4. The van der Waals surface area contributed by atoms with Gasteiger partial charge in [0.05, 0.1) is 5.41 Å². The lowest BCUT2D eigenvalue weighted by atomic mass is 9.78. The van der Waals surface area contributed by atoms with Gasteiger partial charge in [-0.2, -0.15) is 0 Å². The topological polar surface area (TPSA) is 118 Å². The van der Waals surface area contributed by atoms with E-state index in [4.69, 9.17) is 23.7 Å². The van der Waals surface area contributed by atoms with Crippen LogP contribution in [0.3, 0.4) is 0 Å². The summed E-state index contributed by atoms with van der Waals surface area (Å²) in [6.45, 7) is 6.58. The van der Waals surface area contributed by atoms with Crippen molar-refractivity contribution in [1.29, 1.82) is 0 Å². The SMILES string of the molecule is CCC1(C(=O)OC[C@H]2O[C@@H](n3ccc(=O)[nH]c3=O)[C@@H]3OC(C)(C)O[C@@H]32)CCOCC1. The highest BCUT2D eigenvalue weighted by molar-refractivity contribution is 5.77. The lowest BCUT2D eigenvalue weighted by Gasteiger charge is -2.34. The number of esters is 1. The summed E-state index contributed by atoms with van der Waals surface area (Å²) >= 11 is 0. The van der Waals surface area contributed by atoms with Gasteiger partial charge in [0.25, 0.3) is 5.56 Å². The Morgan fingerprint density at radius 2 is 1.93 bits per heavy atom. The molecule has 0 unspecified atom stereocenters. The van der Waals surface area contributed by atoms with Gasteiger partial charge in [-0.3, -0.25) is 19.1 Å². The van der Waals surface area contributed by atoms with Crippen molar-refractivity contribution in [3.05, 3.63) is 33.1 Å².